The summed E-state index contributed by atoms with van der Waals surface area (Å²) in [4.78, 5) is 21.7. The molecule has 0 aliphatic carbocycles. The summed E-state index contributed by atoms with van der Waals surface area (Å²) in [5.41, 5.74) is 2.71. The van der Waals surface area contributed by atoms with E-state index in [4.69, 9.17) is 4.74 Å². The van der Waals surface area contributed by atoms with Crippen LogP contribution in [0, 0.1) is 0 Å². The van der Waals surface area contributed by atoms with E-state index < -0.39 is 11.7 Å². The number of hydrogen-bond acceptors (Lipinski definition) is 4. The monoisotopic (exact) mass is 345 g/mol. The van der Waals surface area contributed by atoms with Crippen molar-refractivity contribution in [2.75, 3.05) is 0 Å². The largest absolute Gasteiger partial charge is 0.443 e. The second-order valence-electron chi connectivity index (χ2n) is 7.13. The Bertz CT molecular complexity index is 1110. The van der Waals surface area contributed by atoms with Crippen LogP contribution < -0.4 is 0 Å². The molecule has 0 atom stereocenters. The van der Waals surface area contributed by atoms with Crippen molar-refractivity contribution >= 4 is 27.9 Å². The van der Waals surface area contributed by atoms with Gasteiger partial charge in [0, 0.05) is 34.9 Å². The van der Waals surface area contributed by atoms with Gasteiger partial charge in [-0.1, -0.05) is 18.2 Å². The summed E-state index contributed by atoms with van der Waals surface area (Å²) < 4.78 is 7.26. The Hall–Kier alpha value is -3.21. The Morgan fingerprint density at radius 1 is 1.00 bits per heavy atom. The van der Waals surface area contributed by atoms with E-state index >= 15 is 0 Å². The smallest absolute Gasteiger partial charge is 0.419 e. The van der Waals surface area contributed by atoms with Gasteiger partial charge in [0.15, 0.2) is 0 Å². The van der Waals surface area contributed by atoms with Crippen molar-refractivity contribution in [1.82, 2.24) is 14.5 Å². The van der Waals surface area contributed by atoms with Gasteiger partial charge in [-0.25, -0.2) is 9.36 Å². The molecule has 0 aliphatic rings. The van der Waals surface area contributed by atoms with Crippen molar-refractivity contribution in [3.8, 4) is 11.3 Å². The molecular weight excluding hydrogens is 326 g/mol. The zero-order valence-corrected chi connectivity index (χ0v) is 14.9. The van der Waals surface area contributed by atoms with Gasteiger partial charge in [-0.2, -0.15) is 0 Å². The molecule has 0 saturated heterocycles. The topological polar surface area (TPSA) is 57.0 Å². The summed E-state index contributed by atoms with van der Waals surface area (Å²) in [6.45, 7) is 5.59. The van der Waals surface area contributed by atoms with Crippen molar-refractivity contribution in [2.24, 2.45) is 0 Å². The summed E-state index contributed by atoms with van der Waals surface area (Å²) in [5.74, 6) is 0. The van der Waals surface area contributed by atoms with Gasteiger partial charge in [0.25, 0.3) is 0 Å². The molecule has 0 aliphatic heterocycles. The highest BCUT2D eigenvalue weighted by atomic mass is 16.6. The Morgan fingerprint density at radius 2 is 1.81 bits per heavy atom. The highest BCUT2D eigenvalue weighted by molar-refractivity contribution is 6.17. The normalized spacial score (nSPS) is 11.8. The van der Waals surface area contributed by atoms with Crippen LogP contribution in [-0.2, 0) is 4.74 Å². The van der Waals surface area contributed by atoms with Crippen LogP contribution in [0.2, 0.25) is 0 Å². The maximum absolute atomic E-state index is 12.9. The average molecular weight is 345 g/mol. The molecule has 0 unspecified atom stereocenters. The first kappa shape index (κ1) is 16.3. The summed E-state index contributed by atoms with van der Waals surface area (Å²) in [7, 11) is 0. The average Bonchev–Trinajstić information content (AvgIpc) is 2.95. The Labute approximate surface area is 151 Å². The molecule has 0 spiro atoms. The third kappa shape index (κ3) is 2.71. The van der Waals surface area contributed by atoms with Gasteiger partial charge in [0.1, 0.15) is 5.60 Å². The maximum atomic E-state index is 12.9. The lowest BCUT2D eigenvalue weighted by molar-refractivity contribution is 0.0551. The van der Waals surface area contributed by atoms with Crippen LogP contribution in [-0.4, -0.2) is 26.2 Å². The van der Waals surface area contributed by atoms with Crippen molar-refractivity contribution in [1.29, 1.82) is 0 Å². The van der Waals surface area contributed by atoms with Crippen LogP contribution in [0.5, 0.6) is 0 Å². The number of ether oxygens (including phenoxy) is 1. The van der Waals surface area contributed by atoms with Crippen LogP contribution >= 0.6 is 0 Å². The molecule has 0 N–H and O–H groups in total. The van der Waals surface area contributed by atoms with Crippen molar-refractivity contribution < 1.29 is 9.53 Å². The summed E-state index contributed by atoms with van der Waals surface area (Å²) in [6.07, 6.45) is 4.83. The molecule has 1 aromatic carbocycles. The van der Waals surface area contributed by atoms with E-state index in [0.717, 1.165) is 33.1 Å². The molecule has 5 nitrogen and oxygen atoms in total. The molecule has 130 valence electrons. The Kier molecular flexibility index (Phi) is 3.72. The summed E-state index contributed by atoms with van der Waals surface area (Å²) >= 11 is 0. The minimum atomic E-state index is -0.575. The van der Waals surface area contributed by atoms with E-state index in [9.17, 15) is 4.79 Å². The number of aromatic nitrogens is 3. The Morgan fingerprint density at radius 3 is 2.54 bits per heavy atom. The quantitative estimate of drug-likeness (QED) is 0.485. The van der Waals surface area contributed by atoms with Crippen LogP contribution in [0.25, 0.3) is 33.1 Å². The number of nitrogens with zero attached hydrogens (tertiary/aromatic N) is 3. The molecule has 4 rings (SSSR count). The molecule has 26 heavy (non-hydrogen) atoms. The SMILES string of the molecule is CC(C)(C)OC(=O)n1c2ccccc2c2c(-c3cccnc3)nccc21. The van der Waals surface area contributed by atoms with Gasteiger partial charge in [0.05, 0.1) is 16.7 Å². The fraction of sp³-hybridized carbons (Fsp3) is 0.190. The van der Waals surface area contributed by atoms with Gasteiger partial charge >= 0.3 is 6.09 Å². The molecule has 0 fully saturated rings. The fourth-order valence-corrected chi connectivity index (χ4v) is 3.14. The van der Waals surface area contributed by atoms with Crippen molar-refractivity contribution in [2.45, 2.75) is 26.4 Å². The minimum absolute atomic E-state index is 0.396. The number of carbonyl (C=O) groups excluding carboxylic acids is 1. The standard InChI is InChI=1S/C21H19N3O2/c1-21(2,3)26-20(25)24-16-9-5-4-8-15(16)18-17(24)10-12-23-19(18)14-7-6-11-22-13-14/h4-13H,1-3H3. The lowest BCUT2D eigenvalue weighted by Crippen LogP contribution is -2.27. The third-order valence-electron chi connectivity index (χ3n) is 4.10. The fourth-order valence-electron chi connectivity index (χ4n) is 3.14. The first-order valence-corrected chi connectivity index (χ1v) is 8.47. The first-order valence-electron chi connectivity index (χ1n) is 8.47. The van der Waals surface area contributed by atoms with E-state index in [1.54, 1.807) is 23.2 Å². The van der Waals surface area contributed by atoms with Crippen molar-refractivity contribution in [3.05, 3.63) is 61.1 Å². The molecule has 3 heterocycles. The van der Waals surface area contributed by atoms with E-state index in [0.29, 0.717) is 0 Å². The molecule has 3 aromatic heterocycles. The van der Waals surface area contributed by atoms with Crippen LogP contribution in [0.4, 0.5) is 4.79 Å². The zero-order valence-electron chi connectivity index (χ0n) is 14.9. The molecule has 0 saturated carbocycles. The lowest BCUT2D eigenvalue weighted by atomic mass is 10.1. The lowest BCUT2D eigenvalue weighted by Gasteiger charge is -2.20. The molecular formula is C21H19N3O2. The van der Waals surface area contributed by atoms with Crippen LogP contribution in [0.1, 0.15) is 20.8 Å². The van der Waals surface area contributed by atoms with Gasteiger partial charge in [-0.15, -0.1) is 0 Å². The van der Waals surface area contributed by atoms with Crippen LogP contribution in [0.15, 0.2) is 61.1 Å². The minimum Gasteiger partial charge on any atom is -0.443 e. The zero-order chi connectivity index (χ0) is 18.3. The highest BCUT2D eigenvalue weighted by Crippen LogP contribution is 2.35. The van der Waals surface area contributed by atoms with Crippen LogP contribution in [0.3, 0.4) is 0 Å². The number of rotatable bonds is 1. The van der Waals surface area contributed by atoms with Crippen molar-refractivity contribution in [3.63, 3.8) is 0 Å². The second-order valence-corrected chi connectivity index (χ2v) is 7.13. The predicted octanol–water partition coefficient (Wildman–Crippen LogP) is 5.03. The molecule has 0 radical (unpaired) electrons. The molecule has 0 bridgehead atoms. The highest BCUT2D eigenvalue weighted by Gasteiger charge is 2.23. The molecule has 4 aromatic rings. The number of benzene rings is 1. The van der Waals surface area contributed by atoms with Gasteiger partial charge < -0.3 is 4.74 Å². The number of fused-ring (bicyclic) bond motifs is 3. The summed E-state index contributed by atoms with van der Waals surface area (Å²) in [5, 5.41) is 1.88. The molecule has 0 amide bonds. The second kappa shape index (κ2) is 5.95. The van der Waals surface area contributed by atoms with Gasteiger partial charge in [-0.05, 0) is 45.0 Å². The first-order chi connectivity index (χ1) is 12.5. The van der Waals surface area contributed by atoms with Gasteiger partial charge in [0.2, 0.25) is 0 Å². The molecule has 5 heteroatoms. The number of para-hydroxylation sites is 1. The maximum Gasteiger partial charge on any atom is 0.419 e. The third-order valence-corrected chi connectivity index (χ3v) is 4.10. The number of carbonyl (C=O) groups is 1. The predicted molar refractivity (Wildman–Crippen MR) is 102 cm³/mol. The van der Waals surface area contributed by atoms with E-state index in [1.165, 1.54) is 0 Å². The van der Waals surface area contributed by atoms with E-state index in [1.807, 2.05) is 63.2 Å². The van der Waals surface area contributed by atoms with Gasteiger partial charge in [-0.3, -0.25) is 9.97 Å². The van der Waals surface area contributed by atoms with E-state index in [2.05, 4.69) is 9.97 Å². The number of hydrogen-bond donors (Lipinski definition) is 0. The van der Waals surface area contributed by atoms with E-state index in [-0.39, 0.29) is 0 Å². The summed E-state index contributed by atoms with van der Waals surface area (Å²) in [6, 6.07) is 13.5. The number of pyridine rings is 2. The Balaban J connectivity index is 2.06.